The fraction of sp³-hybridized carbons (Fsp3) is 0.462. The lowest BCUT2D eigenvalue weighted by atomic mass is 10.2. The lowest BCUT2D eigenvalue weighted by molar-refractivity contribution is -0.120. The molecule has 0 saturated heterocycles. The van der Waals surface area contributed by atoms with Crippen LogP contribution in [0.1, 0.15) is 6.92 Å². The van der Waals surface area contributed by atoms with Gasteiger partial charge in [0.05, 0.1) is 23.4 Å². The van der Waals surface area contributed by atoms with Gasteiger partial charge < -0.3 is 15.8 Å². The van der Waals surface area contributed by atoms with Gasteiger partial charge in [-0.2, -0.15) is 0 Å². The van der Waals surface area contributed by atoms with Gasteiger partial charge in [0.2, 0.25) is 5.91 Å². The summed E-state index contributed by atoms with van der Waals surface area (Å²) in [5.74, 6) is -0.0969. The van der Waals surface area contributed by atoms with Crippen LogP contribution in [-0.4, -0.2) is 44.2 Å². The van der Waals surface area contributed by atoms with E-state index in [-0.39, 0.29) is 11.9 Å². The van der Waals surface area contributed by atoms with E-state index in [4.69, 9.17) is 22.1 Å². The van der Waals surface area contributed by atoms with Crippen molar-refractivity contribution in [2.45, 2.75) is 13.0 Å². The third-order valence-electron chi connectivity index (χ3n) is 2.95. The number of methoxy groups -OCH3 is 1. The SMILES string of the molecule is COCCN(C)C(C)C(=O)Nc1ccc(Cl)c(N)c1. The van der Waals surface area contributed by atoms with Gasteiger partial charge in [-0.25, -0.2) is 0 Å². The molecule has 1 aromatic carbocycles. The lowest BCUT2D eigenvalue weighted by Gasteiger charge is -2.23. The van der Waals surface area contributed by atoms with Crippen LogP contribution in [0.25, 0.3) is 0 Å². The molecule has 0 aliphatic carbocycles. The van der Waals surface area contributed by atoms with E-state index >= 15 is 0 Å². The fourth-order valence-electron chi connectivity index (χ4n) is 1.50. The van der Waals surface area contributed by atoms with Gasteiger partial charge in [0.25, 0.3) is 0 Å². The van der Waals surface area contributed by atoms with E-state index in [0.717, 1.165) is 0 Å². The summed E-state index contributed by atoms with van der Waals surface area (Å²) in [5.41, 5.74) is 6.77. The molecule has 19 heavy (non-hydrogen) atoms. The highest BCUT2D eigenvalue weighted by Gasteiger charge is 2.17. The normalized spacial score (nSPS) is 12.5. The molecule has 106 valence electrons. The second kappa shape index (κ2) is 7.33. The van der Waals surface area contributed by atoms with E-state index in [0.29, 0.717) is 29.5 Å². The quantitative estimate of drug-likeness (QED) is 0.783. The van der Waals surface area contributed by atoms with Crippen molar-refractivity contribution in [3.05, 3.63) is 23.2 Å². The van der Waals surface area contributed by atoms with Gasteiger partial charge in [0.1, 0.15) is 0 Å². The molecule has 1 amide bonds. The van der Waals surface area contributed by atoms with E-state index in [2.05, 4.69) is 5.32 Å². The van der Waals surface area contributed by atoms with Crippen LogP contribution in [-0.2, 0) is 9.53 Å². The largest absolute Gasteiger partial charge is 0.397 e. The van der Waals surface area contributed by atoms with Crippen LogP contribution in [0.4, 0.5) is 11.4 Å². The minimum absolute atomic E-state index is 0.0969. The van der Waals surface area contributed by atoms with Gasteiger partial charge in [-0.15, -0.1) is 0 Å². The van der Waals surface area contributed by atoms with Crippen molar-refractivity contribution in [1.82, 2.24) is 4.90 Å². The summed E-state index contributed by atoms with van der Waals surface area (Å²) in [6, 6.07) is 4.76. The number of rotatable bonds is 6. The number of nitrogens with one attached hydrogen (secondary N) is 1. The molecule has 1 rings (SSSR count). The Hall–Kier alpha value is -1.30. The maximum Gasteiger partial charge on any atom is 0.241 e. The number of benzene rings is 1. The molecule has 1 aromatic rings. The van der Waals surface area contributed by atoms with Crippen LogP contribution in [0, 0.1) is 0 Å². The predicted octanol–water partition coefficient (Wildman–Crippen LogP) is 1.83. The second-order valence-electron chi connectivity index (χ2n) is 4.37. The van der Waals surface area contributed by atoms with Crippen molar-refractivity contribution >= 4 is 28.9 Å². The van der Waals surface area contributed by atoms with Gasteiger partial charge in [0.15, 0.2) is 0 Å². The minimum atomic E-state index is -0.257. The average Bonchev–Trinajstić information content (AvgIpc) is 2.39. The number of hydrogen-bond acceptors (Lipinski definition) is 4. The molecule has 0 saturated carbocycles. The summed E-state index contributed by atoms with van der Waals surface area (Å²) in [6.07, 6.45) is 0. The highest BCUT2D eigenvalue weighted by molar-refractivity contribution is 6.33. The number of nitrogens with zero attached hydrogens (tertiary/aromatic N) is 1. The monoisotopic (exact) mass is 285 g/mol. The molecular formula is C13H20ClN3O2. The molecule has 0 radical (unpaired) electrons. The van der Waals surface area contributed by atoms with Crippen LogP contribution in [0.3, 0.4) is 0 Å². The zero-order chi connectivity index (χ0) is 14.4. The average molecular weight is 286 g/mol. The number of carbonyl (C=O) groups excluding carboxylic acids is 1. The third-order valence-corrected chi connectivity index (χ3v) is 3.30. The van der Waals surface area contributed by atoms with Crippen molar-refractivity contribution < 1.29 is 9.53 Å². The number of carbonyl (C=O) groups is 1. The number of nitrogens with two attached hydrogens (primary N) is 1. The highest BCUT2D eigenvalue weighted by Crippen LogP contribution is 2.22. The van der Waals surface area contributed by atoms with Gasteiger partial charge >= 0.3 is 0 Å². The summed E-state index contributed by atoms with van der Waals surface area (Å²) in [4.78, 5) is 14.0. The first kappa shape index (κ1) is 15.8. The lowest BCUT2D eigenvalue weighted by Crippen LogP contribution is -2.41. The Morgan fingerprint density at radius 3 is 2.84 bits per heavy atom. The van der Waals surface area contributed by atoms with Crippen molar-refractivity contribution in [3.63, 3.8) is 0 Å². The topological polar surface area (TPSA) is 67.6 Å². The van der Waals surface area contributed by atoms with Crippen molar-refractivity contribution in [1.29, 1.82) is 0 Å². The smallest absolute Gasteiger partial charge is 0.241 e. The molecule has 0 aliphatic rings. The van der Waals surface area contributed by atoms with Crippen molar-refractivity contribution in [2.24, 2.45) is 0 Å². The Labute approximate surface area is 118 Å². The summed E-state index contributed by atoms with van der Waals surface area (Å²) in [5, 5.41) is 3.28. The van der Waals surface area contributed by atoms with Crippen LogP contribution < -0.4 is 11.1 Å². The standard InChI is InChI=1S/C13H20ClN3O2/c1-9(17(2)6-7-19-3)13(18)16-10-4-5-11(14)12(15)8-10/h4-5,8-9H,6-7,15H2,1-3H3,(H,16,18). The molecule has 3 N–H and O–H groups in total. The molecule has 0 aromatic heterocycles. The summed E-state index contributed by atoms with van der Waals surface area (Å²) >= 11 is 5.83. The Bertz CT molecular complexity index is 440. The number of halogens is 1. The highest BCUT2D eigenvalue weighted by atomic mass is 35.5. The Balaban J connectivity index is 2.60. The van der Waals surface area contributed by atoms with Crippen LogP contribution in [0.2, 0.25) is 5.02 Å². The van der Waals surface area contributed by atoms with Crippen LogP contribution in [0.15, 0.2) is 18.2 Å². The number of amides is 1. The van der Waals surface area contributed by atoms with Crippen molar-refractivity contribution in [2.75, 3.05) is 38.4 Å². The Morgan fingerprint density at radius 2 is 2.26 bits per heavy atom. The molecule has 0 bridgehead atoms. The molecule has 6 heteroatoms. The maximum atomic E-state index is 12.0. The molecule has 0 aliphatic heterocycles. The minimum Gasteiger partial charge on any atom is -0.397 e. The zero-order valence-electron chi connectivity index (χ0n) is 11.4. The summed E-state index contributed by atoms with van der Waals surface area (Å²) in [6.45, 7) is 3.11. The molecule has 0 heterocycles. The summed E-state index contributed by atoms with van der Waals surface area (Å²) < 4.78 is 4.99. The van der Waals surface area contributed by atoms with Gasteiger partial charge in [0, 0.05) is 19.3 Å². The first-order chi connectivity index (χ1) is 8.95. The van der Waals surface area contributed by atoms with Crippen LogP contribution >= 0.6 is 11.6 Å². The van der Waals surface area contributed by atoms with E-state index in [1.54, 1.807) is 25.3 Å². The molecule has 1 atom stereocenters. The Morgan fingerprint density at radius 1 is 1.58 bits per heavy atom. The number of likely N-dealkylation sites (N-methyl/N-ethyl adjacent to an activating group) is 1. The second-order valence-corrected chi connectivity index (χ2v) is 4.78. The summed E-state index contributed by atoms with van der Waals surface area (Å²) in [7, 11) is 3.51. The number of hydrogen-bond donors (Lipinski definition) is 2. The maximum absolute atomic E-state index is 12.0. The fourth-order valence-corrected chi connectivity index (χ4v) is 1.61. The number of ether oxygens (including phenoxy) is 1. The third kappa shape index (κ3) is 4.70. The van der Waals surface area contributed by atoms with Gasteiger partial charge in [-0.1, -0.05) is 11.6 Å². The Kier molecular flexibility index (Phi) is 6.08. The molecule has 0 fully saturated rings. The molecule has 1 unspecified atom stereocenters. The van der Waals surface area contributed by atoms with E-state index in [1.165, 1.54) is 0 Å². The van der Waals surface area contributed by atoms with Gasteiger partial charge in [-0.05, 0) is 32.2 Å². The van der Waals surface area contributed by atoms with E-state index < -0.39 is 0 Å². The molecule has 5 nitrogen and oxygen atoms in total. The zero-order valence-corrected chi connectivity index (χ0v) is 12.2. The van der Waals surface area contributed by atoms with Crippen LogP contribution in [0.5, 0.6) is 0 Å². The first-order valence-electron chi connectivity index (χ1n) is 6.00. The number of anilines is 2. The number of nitrogen functional groups attached to an aromatic ring is 1. The van der Waals surface area contributed by atoms with Gasteiger partial charge in [-0.3, -0.25) is 9.69 Å². The molecular weight excluding hydrogens is 266 g/mol. The molecule has 0 spiro atoms. The van der Waals surface area contributed by atoms with E-state index in [9.17, 15) is 4.79 Å². The predicted molar refractivity (Wildman–Crippen MR) is 78.5 cm³/mol. The van der Waals surface area contributed by atoms with Crippen molar-refractivity contribution in [3.8, 4) is 0 Å². The van der Waals surface area contributed by atoms with E-state index in [1.807, 2.05) is 18.9 Å². The first-order valence-corrected chi connectivity index (χ1v) is 6.38.